The van der Waals surface area contributed by atoms with E-state index in [1.165, 1.54) is 17.2 Å². The number of imidazole rings is 1. The molecule has 4 unspecified atom stereocenters. The zero-order chi connectivity index (χ0) is 42.0. The summed E-state index contributed by atoms with van der Waals surface area (Å²) in [5.41, 5.74) is -0.323. The molecule has 3 saturated heterocycles. The average Bonchev–Trinajstić information content (AvgIpc) is 3.99. The number of halogens is 3. The molecule has 0 saturated carbocycles. The van der Waals surface area contributed by atoms with Crippen molar-refractivity contribution in [1.82, 2.24) is 34.1 Å². The maximum Gasteiger partial charge on any atom is 0.333 e. The van der Waals surface area contributed by atoms with Gasteiger partial charge >= 0.3 is 8.60 Å². The molecule has 3 aliphatic heterocycles. The lowest BCUT2D eigenvalue weighted by Gasteiger charge is -2.32. The number of fused-ring (bicyclic) bond motifs is 4. The van der Waals surface area contributed by atoms with E-state index in [9.17, 15) is 9.59 Å². The van der Waals surface area contributed by atoms with Crippen LogP contribution in [0.5, 0.6) is 0 Å². The van der Waals surface area contributed by atoms with Crippen molar-refractivity contribution >= 4 is 57.9 Å². The van der Waals surface area contributed by atoms with Crippen molar-refractivity contribution in [3.63, 3.8) is 0 Å². The summed E-state index contributed by atoms with van der Waals surface area (Å²) >= 11 is 0. The van der Waals surface area contributed by atoms with E-state index in [2.05, 4.69) is 39.9 Å². The first kappa shape index (κ1) is 41.8. The fraction of sp³-hybridized carbons (Fsp3) is 0.412. The molecule has 2 N–H and O–H groups in total. The Kier molecular flexibility index (Phi) is 12.5. The van der Waals surface area contributed by atoms with Gasteiger partial charge in [0, 0.05) is 11.8 Å². The third-order valence-electron chi connectivity index (χ3n) is 9.18. The number of ether oxygens (including phenoxy) is 2. The van der Waals surface area contributed by atoms with Gasteiger partial charge in [0.05, 0.1) is 19.3 Å². The lowest BCUT2D eigenvalue weighted by molar-refractivity contribution is -0.0613. The van der Waals surface area contributed by atoms with E-state index in [-0.39, 0.29) is 48.9 Å². The second-order valence-electron chi connectivity index (χ2n) is 12.8. The number of alkyl halides is 2. The number of hydrogen-bond donors (Lipinski definition) is 2. The van der Waals surface area contributed by atoms with Crippen LogP contribution >= 0.6 is 16.4 Å². The van der Waals surface area contributed by atoms with Gasteiger partial charge in [-0.05, 0) is 12.1 Å². The molecule has 10 atom stereocenters. The van der Waals surface area contributed by atoms with Crippen LogP contribution in [0.1, 0.15) is 22.8 Å². The predicted molar refractivity (Wildman–Crippen MR) is 208 cm³/mol. The number of carbonyl (C=O) groups excluding carboxylic acids is 1. The van der Waals surface area contributed by atoms with E-state index >= 15 is 13.2 Å². The van der Waals surface area contributed by atoms with E-state index in [0.717, 1.165) is 17.1 Å². The molecule has 0 spiro atoms. The number of amides is 1. The SMILES string of the molecule is [BH3-][P+]1(OCC[N+]#[C-])OC[C@H]2O[C@@H](n3cnc4c(NC(=O)c5ccccc5)ncnc43)[C@@H](F)C2OP(OCC[N+]#[C-])OC[C@H]2O[C@@H](n3cc(F)c4c(=O)[nH]cnc43)[C@@H](F)C2O1. The number of aromatic nitrogens is 7. The van der Waals surface area contributed by atoms with Crippen LogP contribution in [0.15, 0.2) is 60.3 Å². The molecule has 8 rings (SSSR count). The van der Waals surface area contributed by atoms with Gasteiger partial charge in [-0.1, -0.05) is 18.2 Å². The number of benzene rings is 1. The Morgan fingerprint density at radius 2 is 1.73 bits per heavy atom. The van der Waals surface area contributed by atoms with Crippen molar-refractivity contribution in [3.8, 4) is 0 Å². The Labute approximate surface area is 340 Å². The van der Waals surface area contributed by atoms with Crippen LogP contribution in [0, 0.1) is 19.0 Å². The summed E-state index contributed by atoms with van der Waals surface area (Å²) in [4.78, 5) is 51.1. The molecular weight excluding hydrogens is 838 g/mol. The first-order valence-corrected chi connectivity index (χ1v) is 19.9. The summed E-state index contributed by atoms with van der Waals surface area (Å²) in [6, 6.07) is 8.43. The first-order valence-electron chi connectivity index (χ1n) is 17.7. The van der Waals surface area contributed by atoms with Gasteiger partial charge < -0.3 is 43.0 Å². The van der Waals surface area contributed by atoms with Crippen molar-refractivity contribution in [3.05, 3.63) is 100 Å². The molecule has 0 bridgehead atoms. The number of rotatable bonds is 10. The van der Waals surface area contributed by atoms with Crippen LogP contribution in [-0.2, 0) is 36.6 Å². The Bertz CT molecular complexity index is 2500. The second kappa shape index (κ2) is 17.9. The lowest BCUT2D eigenvalue weighted by atomic mass is 10.1. The number of nitrogens with zero attached hydrogens (tertiary/aromatic N) is 8. The number of carbonyl (C=O) groups is 1. The Morgan fingerprint density at radius 3 is 2.52 bits per heavy atom. The third-order valence-corrected chi connectivity index (χ3v) is 11.5. The predicted octanol–water partition coefficient (Wildman–Crippen LogP) is 3.39. The minimum absolute atomic E-state index is 0.0687. The molecule has 5 aromatic rings. The Hall–Kier alpha value is -4.97. The van der Waals surface area contributed by atoms with Crippen molar-refractivity contribution in [2.45, 2.75) is 49.2 Å². The molecule has 1 aromatic carbocycles. The first-order chi connectivity index (χ1) is 29.1. The van der Waals surface area contributed by atoms with Gasteiger partial charge in [-0.15, -0.1) is 0 Å². The normalized spacial score (nSPS) is 29.5. The molecule has 0 aliphatic carbocycles. The quantitative estimate of drug-likeness (QED) is 0.0894. The number of aromatic amines is 1. The summed E-state index contributed by atoms with van der Waals surface area (Å²) in [6.07, 6.45) is -7.95. The monoisotopic (exact) mass is 872 g/mol. The van der Waals surface area contributed by atoms with Crippen LogP contribution in [0.3, 0.4) is 0 Å². The Morgan fingerprint density at radius 1 is 1.00 bits per heavy atom. The molecule has 20 nitrogen and oxygen atoms in total. The van der Waals surface area contributed by atoms with E-state index in [1.807, 2.05) is 0 Å². The van der Waals surface area contributed by atoms with E-state index in [4.69, 9.17) is 49.8 Å². The van der Waals surface area contributed by atoms with E-state index in [1.54, 1.807) is 30.3 Å². The largest absolute Gasteiger partial charge is 0.346 e. The van der Waals surface area contributed by atoms with Gasteiger partial charge in [0.25, 0.3) is 11.5 Å². The van der Waals surface area contributed by atoms with Gasteiger partial charge in [-0.3, -0.25) is 18.7 Å². The minimum atomic E-state index is -3.41. The molecule has 314 valence electrons. The van der Waals surface area contributed by atoms with Crippen molar-refractivity contribution < 1.29 is 54.6 Å². The van der Waals surface area contributed by atoms with Crippen LogP contribution < -0.4 is 10.9 Å². The molecule has 3 fully saturated rings. The van der Waals surface area contributed by atoms with E-state index < -0.39 is 109 Å². The van der Waals surface area contributed by atoms with Crippen molar-refractivity contribution in [2.24, 2.45) is 0 Å². The van der Waals surface area contributed by atoms with Crippen molar-refractivity contribution in [1.29, 1.82) is 0 Å². The van der Waals surface area contributed by atoms with Gasteiger partial charge in [0.15, 0.2) is 66.0 Å². The number of hydrogen-bond acceptors (Lipinski definition) is 14. The molecular formula is C34H34BF3N10O10P2. The van der Waals surface area contributed by atoms with Crippen LogP contribution in [0.4, 0.5) is 19.0 Å². The number of nitrogens with one attached hydrogen (secondary N) is 2. The van der Waals surface area contributed by atoms with Crippen LogP contribution in [0.25, 0.3) is 31.9 Å². The Balaban J connectivity index is 1.09. The standard InChI is InChI=1S/C34H34BF3N10O10P2/c1-39-8-10-51-59-52-13-20-27(24(38)33(55-20)47-12-19(36)22-29(47)42-16-44-32(22)50)58-60(35,53-11-9-40-2)54-14-21-26(57-59)23(37)34(56-21)48-17-45-25-28(41-15-43-30(25)48)46-31(49)18-6-4-3-5-7-18/h3-7,12,15-17,20-21,23-24,26-27,33-34H,8-11,13-14H2,35H3,(H,42,44,50)(H,41,43,46,49)/t20-,21-,23+,24+,26?,27?,33-,34-,59?,60?/m1/s1. The number of anilines is 1. The topological polar surface area (TPSA) is 206 Å². The van der Waals surface area contributed by atoms with Crippen LogP contribution in [0.2, 0.25) is 0 Å². The molecule has 7 heterocycles. The maximum atomic E-state index is 16.9. The molecule has 0 radical (unpaired) electrons. The van der Waals surface area contributed by atoms with Gasteiger partial charge in [0.2, 0.25) is 28.5 Å². The number of H-pyrrole nitrogens is 1. The van der Waals surface area contributed by atoms with Gasteiger partial charge in [-0.25, -0.2) is 59.8 Å². The maximum absolute atomic E-state index is 16.9. The fourth-order valence-electron chi connectivity index (χ4n) is 6.48. The van der Waals surface area contributed by atoms with Crippen molar-refractivity contribution in [2.75, 3.05) is 44.8 Å². The highest BCUT2D eigenvalue weighted by Gasteiger charge is 2.56. The third kappa shape index (κ3) is 8.36. The summed E-state index contributed by atoms with van der Waals surface area (Å²) in [7, 11) is -7.05. The molecule has 1 amide bonds. The molecule has 26 heteroatoms. The summed E-state index contributed by atoms with van der Waals surface area (Å²) < 4.78 is 100. The second-order valence-corrected chi connectivity index (χ2v) is 15.2. The average molecular weight is 872 g/mol. The molecule has 4 aromatic heterocycles. The lowest BCUT2D eigenvalue weighted by Crippen LogP contribution is -2.38. The van der Waals surface area contributed by atoms with E-state index in [0.29, 0.717) is 5.56 Å². The fourth-order valence-corrected chi connectivity index (χ4v) is 8.78. The zero-order valence-electron chi connectivity index (χ0n) is 30.2. The molecule has 3 aliphatic rings. The summed E-state index contributed by atoms with van der Waals surface area (Å²) in [5.74, 6) is -1.34. The smallest absolute Gasteiger partial charge is 0.333 e. The highest BCUT2D eigenvalue weighted by Crippen LogP contribution is 2.61. The highest BCUT2D eigenvalue weighted by atomic mass is 31.2. The summed E-state index contributed by atoms with van der Waals surface area (Å²) in [5, 5.41) is 2.30. The van der Waals surface area contributed by atoms with Gasteiger partial charge in [-0.2, -0.15) is 0 Å². The van der Waals surface area contributed by atoms with Gasteiger partial charge in [0.1, 0.15) is 43.2 Å². The van der Waals surface area contributed by atoms with Crippen LogP contribution in [-0.4, -0.2) is 124 Å². The zero-order valence-corrected chi connectivity index (χ0v) is 32.0. The minimum Gasteiger partial charge on any atom is -0.346 e. The molecule has 60 heavy (non-hydrogen) atoms. The summed E-state index contributed by atoms with van der Waals surface area (Å²) in [6.45, 7) is 13.1. The highest BCUT2D eigenvalue weighted by molar-refractivity contribution is 7.85.